The van der Waals surface area contributed by atoms with Gasteiger partial charge >= 0.3 is 0 Å². The highest BCUT2D eigenvalue weighted by atomic mass is 32.2. The summed E-state index contributed by atoms with van der Waals surface area (Å²) < 4.78 is 26.4. The fourth-order valence-electron chi connectivity index (χ4n) is 2.29. The molecule has 2 rings (SSSR count). The van der Waals surface area contributed by atoms with E-state index in [1.807, 2.05) is 7.05 Å². The van der Waals surface area contributed by atoms with Crippen LogP contribution in [-0.4, -0.2) is 32.9 Å². The van der Waals surface area contributed by atoms with Crippen molar-refractivity contribution < 1.29 is 8.42 Å². The van der Waals surface area contributed by atoms with E-state index in [0.29, 0.717) is 23.9 Å². The fraction of sp³-hybridized carbons (Fsp3) is 0.538. The molecule has 0 spiro atoms. The lowest BCUT2D eigenvalue weighted by molar-refractivity contribution is 0.453. The Kier molecular flexibility index (Phi) is 3.92. The maximum Gasteiger partial charge on any atom is 0.243 e. The van der Waals surface area contributed by atoms with Crippen LogP contribution < -0.4 is 5.32 Å². The quantitative estimate of drug-likeness (QED) is 0.910. The molecule has 1 aliphatic heterocycles. The molecule has 0 saturated carbocycles. The van der Waals surface area contributed by atoms with E-state index in [0.717, 1.165) is 18.5 Å². The van der Waals surface area contributed by atoms with Crippen molar-refractivity contribution in [2.75, 3.05) is 25.5 Å². The van der Waals surface area contributed by atoms with E-state index in [4.69, 9.17) is 0 Å². The smallest absolute Gasteiger partial charge is 0.243 e. The van der Waals surface area contributed by atoms with Crippen LogP contribution in [0.2, 0.25) is 0 Å². The number of benzene rings is 1. The topological polar surface area (TPSA) is 49.4 Å². The van der Waals surface area contributed by atoms with Crippen molar-refractivity contribution in [1.82, 2.24) is 4.31 Å². The molecule has 5 heteroatoms. The molecule has 18 heavy (non-hydrogen) atoms. The van der Waals surface area contributed by atoms with Crippen LogP contribution in [0.3, 0.4) is 0 Å². The second-order valence-corrected chi connectivity index (χ2v) is 6.64. The minimum absolute atomic E-state index is 0.387. The summed E-state index contributed by atoms with van der Waals surface area (Å²) in [5, 5.41) is 2.98. The molecule has 1 unspecified atom stereocenters. The Hall–Kier alpha value is -1.07. The molecule has 0 amide bonds. The second-order valence-electron chi connectivity index (χ2n) is 4.70. The lowest BCUT2D eigenvalue weighted by atomic mass is 10.1. The second kappa shape index (κ2) is 5.28. The third-order valence-electron chi connectivity index (χ3n) is 3.61. The molecule has 0 aromatic heterocycles. The van der Waals surface area contributed by atoms with Crippen molar-refractivity contribution in [2.24, 2.45) is 5.92 Å². The SMILES string of the molecule is CCC1CCN(S(=O)(=O)c2ccc(NC)cc2)C1. The number of hydrogen-bond donors (Lipinski definition) is 1. The summed E-state index contributed by atoms with van der Waals surface area (Å²) in [5.74, 6) is 0.511. The van der Waals surface area contributed by atoms with E-state index in [2.05, 4.69) is 12.2 Å². The molecule has 1 aromatic carbocycles. The number of nitrogens with one attached hydrogen (secondary N) is 1. The van der Waals surface area contributed by atoms with E-state index in [1.165, 1.54) is 0 Å². The zero-order chi connectivity index (χ0) is 13.2. The summed E-state index contributed by atoms with van der Waals surface area (Å²) in [7, 11) is -1.49. The Morgan fingerprint density at radius 2 is 2.00 bits per heavy atom. The van der Waals surface area contributed by atoms with Crippen LogP contribution in [0, 0.1) is 5.92 Å². The van der Waals surface area contributed by atoms with E-state index in [9.17, 15) is 8.42 Å². The van der Waals surface area contributed by atoms with Gasteiger partial charge in [0.05, 0.1) is 4.90 Å². The minimum Gasteiger partial charge on any atom is -0.388 e. The van der Waals surface area contributed by atoms with Gasteiger partial charge in [0.2, 0.25) is 10.0 Å². The third-order valence-corrected chi connectivity index (χ3v) is 5.49. The van der Waals surface area contributed by atoms with Gasteiger partial charge in [-0.1, -0.05) is 13.3 Å². The van der Waals surface area contributed by atoms with Crippen LogP contribution in [-0.2, 0) is 10.0 Å². The van der Waals surface area contributed by atoms with E-state index < -0.39 is 10.0 Å². The number of hydrogen-bond acceptors (Lipinski definition) is 3. The largest absolute Gasteiger partial charge is 0.388 e. The number of anilines is 1. The predicted octanol–water partition coefficient (Wildman–Crippen LogP) is 2.15. The normalized spacial score (nSPS) is 21.1. The Balaban J connectivity index is 2.20. The molecule has 0 bridgehead atoms. The van der Waals surface area contributed by atoms with Gasteiger partial charge in [0.15, 0.2) is 0 Å². The molecule has 100 valence electrons. The van der Waals surface area contributed by atoms with Crippen molar-refractivity contribution in [2.45, 2.75) is 24.7 Å². The molecular formula is C13H20N2O2S. The maximum atomic E-state index is 12.4. The molecule has 1 atom stereocenters. The lowest BCUT2D eigenvalue weighted by Crippen LogP contribution is -2.28. The summed E-state index contributed by atoms with van der Waals surface area (Å²) >= 11 is 0. The molecule has 0 radical (unpaired) electrons. The van der Waals surface area contributed by atoms with Gasteiger partial charge in [-0.2, -0.15) is 4.31 Å². The third kappa shape index (κ3) is 2.52. The highest BCUT2D eigenvalue weighted by molar-refractivity contribution is 7.89. The van der Waals surface area contributed by atoms with Crippen LogP contribution in [0.5, 0.6) is 0 Å². The zero-order valence-electron chi connectivity index (χ0n) is 10.9. The molecule has 0 aliphatic carbocycles. The monoisotopic (exact) mass is 268 g/mol. The predicted molar refractivity (Wildman–Crippen MR) is 73.1 cm³/mol. The first-order valence-corrected chi connectivity index (χ1v) is 7.80. The van der Waals surface area contributed by atoms with Gasteiger partial charge in [0.25, 0.3) is 0 Å². The van der Waals surface area contributed by atoms with Crippen molar-refractivity contribution in [3.05, 3.63) is 24.3 Å². The van der Waals surface area contributed by atoms with Gasteiger partial charge in [0, 0.05) is 25.8 Å². The summed E-state index contributed by atoms with van der Waals surface area (Å²) in [6, 6.07) is 6.92. The minimum atomic E-state index is -3.30. The van der Waals surface area contributed by atoms with Crippen LogP contribution >= 0.6 is 0 Å². The Labute approximate surface area is 109 Å². The number of nitrogens with zero attached hydrogens (tertiary/aromatic N) is 1. The van der Waals surface area contributed by atoms with Gasteiger partial charge in [-0.25, -0.2) is 8.42 Å². The van der Waals surface area contributed by atoms with Gasteiger partial charge in [-0.3, -0.25) is 0 Å². The number of sulfonamides is 1. The Morgan fingerprint density at radius 3 is 2.50 bits per heavy atom. The molecule has 1 fully saturated rings. The van der Waals surface area contributed by atoms with Crippen LogP contribution in [0.25, 0.3) is 0 Å². The van der Waals surface area contributed by atoms with Crippen LogP contribution in [0.15, 0.2) is 29.2 Å². The first-order valence-electron chi connectivity index (χ1n) is 6.36. The van der Waals surface area contributed by atoms with Gasteiger partial charge in [-0.15, -0.1) is 0 Å². The van der Waals surface area contributed by atoms with Gasteiger partial charge in [0.1, 0.15) is 0 Å². The maximum absolute atomic E-state index is 12.4. The van der Waals surface area contributed by atoms with Crippen LogP contribution in [0.4, 0.5) is 5.69 Å². The van der Waals surface area contributed by atoms with Crippen molar-refractivity contribution in [1.29, 1.82) is 0 Å². The molecule has 1 saturated heterocycles. The van der Waals surface area contributed by atoms with Gasteiger partial charge in [-0.05, 0) is 36.6 Å². The summed E-state index contributed by atoms with van der Waals surface area (Å²) in [4.78, 5) is 0.387. The van der Waals surface area contributed by atoms with Gasteiger partial charge < -0.3 is 5.32 Å². The average Bonchev–Trinajstić information content (AvgIpc) is 2.88. The molecule has 1 N–H and O–H groups in total. The van der Waals surface area contributed by atoms with Crippen molar-refractivity contribution in [3.8, 4) is 0 Å². The molecule has 1 aliphatic rings. The molecular weight excluding hydrogens is 248 g/mol. The summed E-state index contributed by atoms with van der Waals surface area (Å²) in [6.07, 6.45) is 2.02. The molecule has 4 nitrogen and oxygen atoms in total. The van der Waals surface area contributed by atoms with Crippen molar-refractivity contribution >= 4 is 15.7 Å². The first kappa shape index (κ1) is 13.4. The first-order chi connectivity index (χ1) is 8.57. The average molecular weight is 268 g/mol. The number of rotatable bonds is 4. The van der Waals surface area contributed by atoms with E-state index >= 15 is 0 Å². The van der Waals surface area contributed by atoms with Crippen LogP contribution in [0.1, 0.15) is 19.8 Å². The Morgan fingerprint density at radius 1 is 1.33 bits per heavy atom. The molecule has 1 aromatic rings. The van der Waals surface area contributed by atoms with Crippen molar-refractivity contribution in [3.63, 3.8) is 0 Å². The highest BCUT2D eigenvalue weighted by Gasteiger charge is 2.31. The summed E-state index contributed by atoms with van der Waals surface area (Å²) in [6.45, 7) is 3.42. The molecule has 1 heterocycles. The van der Waals surface area contributed by atoms with E-state index in [1.54, 1.807) is 28.6 Å². The standard InChI is InChI=1S/C13H20N2O2S/c1-3-11-8-9-15(10-11)18(16,17)13-6-4-12(14-2)5-7-13/h4-7,11,14H,3,8-10H2,1-2H3. The lowest BCUT2D eigenvalue weighted by Gasteiger charge is -2.16. The summed E-state index contributed by atoms with van der Waals surface area (Å²) in [5.41, 5.74) is 0.918. The Bertz CT molecular complexity index is 496. The fourth-order valence-corrected chi connectivity index (χ4v) is 3.82. The van der Waals surface area contributed by atoms with E-state index in [-0.39, 0.29) is 0 Å². The zero-order valence-corrected chi connectivity index (χ0v) is 11.7. The highest BCUT2D eigenvalue weighted by Crippen LogP contribution is 2.26.